The van der Waals surface area contributed by atoms with E-state index in [1.54, 1.807) is 0 Å². The number of anilines is 1. The van der Waals surface area contributed by atoms with Crippen LogP contribution in [0.2, 0.25) is 0 Å². The SMILES string of the molecule is CCCNc1ccc(C(=O)O)cc1S(=O)(=O)NC1CC1. The van der Waals surface area contributed by atoms with Crippen molar-refractivity contribution in [2.45, 2.75) is 37.1 Å². The van der Waals surface area contributed by atoms with Crippen LogP contribution in [0, 0.1) is 0 Å². The Hall–Kier alpha value is -1.60. The number of carboxylic acid groups (broad SMARTS) is 1. The first-order chi connectivity index (χ1) is 9.44. The molecule has 0 amide bonds. The summed E-state index contributed by atoms with van der Waals surface area (Å²) in [5.74, 6) is -1.14. The number of rotatable bonds is 7. The van der Waals surface area contributed by atoms with Crippen molar-refractivity contribution in [1.29, 1.82) is 0 Å². The zero-order chi connectivity index (χ0) is 14.8. The lowest BCUT2D eigenvalue weighted by atomic mass is 10.2. The maximum atomic E-state index is 12.3. The van der Waals surface area contributed by atoms with Crippen molar-refractivity contribution < 1.29 is 18.3 Å². The van der Waals surface area contributed by atoms with E-state index in [-0.39, 0.29) is 16.5 Å². The summed E-state index contributed by atoms with van der Waals surface area (Å²) in [5.41, 5.74) is 0.397. The van der Waals surface area contributed by atoms with E-state index in [4.69, 9.17) is 5.11 Å². The highest BCUT2D eigenvalue weighted by atomic mass is 32.2. The molecular weight excluding hydrogens is 280 g/mol. The molecule has 0 radical (unpaired) electrons. The number of hydrogen-bond acceptors (Lipinski definition) is 4. The van der Waals surface area contributed by atoms with E-state index in [1.165, 1.54) is 18.2 Å². The minimum atomic E-state index is -3.69. The smallest absolute Gasteiger partial charge is 0.335 e. The monoisotopic (exact) mass is 298 g/mol. The van der Waals surface area contributed by atoms with E-state index in [0.717, 1.165) is 19.3 Å². The van der Waals surface area contributed by atoms with Gasteiger partial charge in [-0.2, -0.15) is 0 Å². The Balaban J connectivity index is 2.39. The van der Waals surface area contributed by atoms with Crippen LogP contribution in [0.5, 0.6) is 0 Å². The lowest BCUT2D eigenvalue weighted by molar-refractivity contribution is 0.0696. The molecule has 0 unspecified atom stereocenters. The zero-order valence-corrected chi connectivity index (χ0v) is 12.0. The molecule has 0 aliphatic heterocycles. The summed E-state index contributed by atoms with van der Waals surface area (Å²) >= 11 is 0. The van der Waals surface area contributed by atoms with Gasteiger partial charge in [0.1, 0.15) is 4.90 Å². The fourth-order valence-corrected chi connectivity index (χ4v) is 3.28. The Morgan fingerprint density at radius 2 is 2.10 bits per heavy atom. The number of carbonyl (C=O) groups is 1. The minimum Gasteiger partial charge on any atom is -0.478 e. The third-order valence-electron chi connectivity index (χ3n) is 2.98. The molecule has 3 N–H and O–H groups in total. The Bertz CT molecular complexity index is 609. The maximum Gasteiger partial charge on any atom is 0.335 e. The molecule has 1 aliphatic carbocycles. The lowest BCUT2D eigenvalue weighted by Gasteiger charge is -2.13. The second-order valence-corrected chi connectivity index (χ2v) is 6.52. The Morgan fingerprint density at radius 3 is 2.65 bits per heavy atom. The third-order valence-corrected chi connectivity index (χ3v) is 4.54. The number of benzene rings is 1. The standard InChI is InChI=1S/C13H18N2O4S/c1-2-7-14-11-6-3-9(13(16)17)8-12(11)20(18,19)15-10-4-5-10/h3,6,8,10,14-15H,2,4-5,7H2,1H3,(H,16,17). The van der Waals surface area contributed by atoms with Gasteiger partial charge in [-0.15, -0.1) is 0 Å². The molecule has 0 spiro atoms. The predicted octanol–water partition coefficient (Wildman–Crippen LogP) is 1.65. The fraction of sp³-hybridized carbons (Fsp3) is 0.462. The molecule has 0 atom stereocenters. The van der Waals surface area contributed by atoms with Gasteiger partial charge in [0.2, 0.25) is 10.0 Å². The van der Waals surface area contributed by atoms with E-state index in [9.17, 15) is 13.2 Å². The van der Waals surface area contributed by atoms with Gasteiger partial charge < -0.3 is 10.4 Å². The highest BCUT2D eigenvalue weighted by Gasteiger charge is 2.29. The van der Waals surface area contributed by atoms with Gasteiger partial charge in [-0.05, 0) is 37.5 Å². The average Bonchev–Trinajstić information content (AvgIpc) is 3.19. The summed E-state index contributed by atoms with van der Waals surface area (Å²) in [7, 11) is -3.69. The largest absolute Gasteiger partial charge is 0.478 e. The van der Waals surface area contributed by atoms with Crippen LogP contribution in [0.3, 0.4) is 0 Å². The van der Waals surface area contributed by atoms with Crippen molar-refractivity contribution in [1.82, 2.24) is 4.72 Å². The molecule has 0 aromatic heterocycles. The second kappa shape index (κ2) is 5.80. The molecule has 1 saturated carbocycles. The average molecular weight is 298 g/mol. The number of aromatic carboxylic acids is 1. The van der Waals surface area contributed by atoms with Crippen LogP contribution in [0.15, 0.2) is 23.1 Å². The van der Waals surface area contributed by atoms with Crippen molar-refractivity contribution in [3.05, 3.63) is 23.8 Å². The Kier molecular flexibility index (Phi) is 4.29. The molecule has 1 aromatic carbocycles. The van der Waals surface area contributed by atoms with Crippen molar-refractivity contribution in [3.63, 3.8) is 0 Å². The fourth-order valence-electron chi connectivity index (χ4n) is 1.77. The number of nitrogens with one attached hydrogen (secondary N) is 2. The first kappa shape index (κ1) is 14.8. The van der Waals surface area contributed by atoms with Gasteiger partial charge in [0, 0.05) is 12.6 Å². The second-order valence-electron chi connectivity index (χ2n) is 4.84. The molecule has 0 bridgehead atoms. The maximum absolute atomic E-state index is 12.3. The summed E-state index contributed by atoms with van der Waals surface area (Å²) in [6.45, 7) is 2.59. The van der Waals surface area contributed by atoms with Crippen LogP contribution >= 0.6 is 0 Å². The van der Waals surface area contributed by atoms with Crippen LogP contribution in [0.25, 0.3) is 0 Å². The first-order valence-electron chi connectivity index (χ1n) is 6.57. The van der Waals surface area contributed by atoms with Crippen LogP contribution in [-0.2, 0) is 10.0 Å². The zero-order valence-electron chi connectivity index (χ0n) is 11.2. The molecule has 1 fully saturated rings. The molecular formula is C13H18N2O4S. The molecule has 1 aliphatic rings. The van der Waals surface area contributed by atoms with Crippen LogP contribution in [0.4, 0.5) is 5.69 Å². The highest BCUT2D eigenvalue weighted by Crippen LogP contribution is 2.27. The summed E-state index contributed by atoms with van der Waals surface area (Å²) in [5, 5.41) is 12.0. The molecule has 0 saturated heterocycles. The lowest BCUT2D eigenvalue weighted by Crippen LogP contribution is -2.27. The van der Waals surface area contributed by atoms with E-state index >= 15 is 0 Å². The molecule has 7 heteroatoms. The van der Waals surface area contributed by atoms with Gasteiger partial charge >= 0.3 is 5.97 Å². The first-order valence-corrected chi connectivity index (χ1v) is 8.06. The van der Waals surface area contributed by atoms with Crippen LogP contribution in [0.1, 0.15) is 36.5 Å². The van der Waals surface area contributed by atoms with Gasteiger partial charge in [0.25, 0.3) is 0 Å². The summed E-state index contributed by atoms with van der Waals surface area (Å²) in [4.78, 5) is 11.0. The van der Waals surface area contributed by atoms with Crippen molar-refractivity contribution >= 4 is 21.7 Å². The number of sulfonamides is 1. The van der Waals surface area contributed by atoms with E-state index in [2.05, 4.69) is 10.0 Å². The van der Waals surface area contributed by atoms with Gasteiger partial charge in [-0.1, -0.05) is 6.92 Å². The molecule has 6 nitrogen and oxygen atoms in total. The van der Waals surface area contributed by atoms with Gasteiger partial charge in [-0.3, -0.25) is 0 Å². The van der Waals surface area contributed by atoms with Crippen LogP contribution in [-0.4, -0.2) is 32.1 Å². The molecule has 20 heavy (non-hydrogen) atoms. The Labute approximate surface area is 118 Å². The molecule has 110 valence electrons. The summed E-state index contributed by atoms with van der Waals surface area (Å²) in [6.07, 6.45) is 2.50. The summed E-state index contributed by atoms with van der Waals surface area (Å²) < 4.78 is 27.2. The van der Waals surface area contributed by atoms with Crippen molar-refractivity contribution in [2.24, 2.45) is 0 Å². The van der Waals surface area contributed by atoms with E-state index in [1.807, 2.05) is 6.92 Å². The number of carboxylic acids is 1. The minimum absolute atomic E-state index is 0.00208. The summed E-state index contributed by atoms with van der Waals surface area (Å²) in [6, 6.07) is 4.08. The quantitative estimate of drug-likeness (QED) is 0.711. The third kappa shape index (κ3) is 3.49. The number of hydrogen-bond donors (Lipinski definition) is 3. The van der Waals surface area contributed by atoms with E-state index in [0.29, 0.717) is 12.2 Å². The van der Waals surface area contributed by atoms with Gasteiger partial charge in [0.05, 0.1) is 11.3 Å². The topological polar surface area (TPSA) is 95.5 Å². The normalized spacial score (nSPS) is 15.1. The van der Waals surface area contributed by atoms with Crippen LogP contribution < -0.4 is 10.0 Å². The van der Waals surface area contributed by atoms with Crippen molar-refractivity contribution in [3.8, 4) is 0 Å². The molecule has 0 heterocycles. The predicted molar refractivity (Wildman–Crippen MR) is 75.5 cm³/mol. The van der Waals surface area contributed by atoms with Crippen molar-refractivity contribution in [2.75, 3.05) is 11.9 Å². The molecule has 2 rings (SSSR count). The Morgan fingerprint density at radius 1 is 1.40 bits per heavy atom. The van der Waals surface area contributed by atoms with Gasteiger partial charge in [-0.25, -0.2) is 17.9 Å². The highest BCUT2D eigenvalue weighted by molar-refractivity contribution is 7.89. The van der Waals surface area contributed by atoms with Gasteiger partial charge in [0.15, 0.2) is 0 Å². The molecule has 1 aromatic rings. The van der Waals surface area contributed by atoms with E-state index < -0.39 is 16.0 Å².